The van der Waals surface area contributed by atoms with E-state index in [4.69, 9.17) is 9.47 Å². The van der Waals surface area contributed by atoms with Crippen LogP contribution in [-0.4, -0.2) is 50.2 Å². The molecular formula is C20H25BrN2O2. The van der Waals surface area contributed by atoms with Crippen LogP contribution >= 0.6 is 15.9 Å². The molecule has 1 aliphatic rings. The number of benzene rings is 2. The van der Waals surface area contributed by atoms with Gasteiger partial charge in [-0.25, -0.2) is 0 Å². The van der Waals surface area contributed by atoms with Crippen molar-refractivity contribution in [3.05, 3.63) is 58.1 Å². The van der Waals surface area contributed by atoms with Crippen LogP contribution in [0.3, 0.4) is 0 Å². The predicted octanol–water partition coefficient (Wildman–Crippen LogP) is 3.78. The largest absolute Gasteiger partial charge is 0.497 e. The maximum absolute atomic E-state index is 5.49. The maximum Gasteiger partial charge on any atom is 0.123 e. The van der Waals surface area contributed by atoms with Crippen LogP contribution in [0.4, 0.5) is 0 Å². The summed E-state index contributed by atoms with van der Waals surface area (Å²) in [4.78, 5) is 5.01. The van der Waals surface area contributed by atoms with Gasteiger partial charge < -0.3 is 9.47 Å². The molecule has 0 atom stereocenters. The van der Waals surface area contributed by atoms with Gasteiger partial charge >= 0.3 is 0 Å². The van der Waals surface area contributed by atoms with Crippen LogP contribution in [0.5, 0.6) is 11.5 Å². The number of hydrogen-bond donors (Lipinski definition) is 0. The highest BCUT2D eigenvalue weighted by molar-refractivity contribution is 9.10. The summed E-state index contributed by atoms with van der Waals surface area (Å²) < 4.78 is 11.8. The highest BCUT2D eigenvalue weighted by Gasteiger charge is 2.18. The molecule has 0 amide bonds. The van der Waals surface area contributed by atoms with Gasteiger partial charge in [-0.2, -0.15) is 0 Å². The average molecular weight is 405 g/mol. The van der Waals surface area contributed by atoms with E-state index in [0.29, 0.717) is 0 Å². The molecule has 5 heteroatoms. The fraction of sp³-hybridized carbons (Fsp3) is 0.400. The van der Waals surface area contributed by atoms with Crippen molar-refractivity contribution in [1.29, 1.82) is 0 Å². The van der Waals surface area contributed by atoms with E-state index < -0.39 is 0 Å². The van der Waals surface area contributed by atoms with Gasteiger partial charge in [0.25, 0.3) is 0 Å². The monoisotopic (exact) mass is 404 g/mol. The number of ether oxygens (including phenoxy) is 2. The van der Waals surface area contributed by atoms with Gasteiger partial charge in [-0.1, -0.05) is 28.1 Å². The molecule has 134 valence electrons. The van der Waals surface area contributed by atoms with E-state index in [1.807, 2.05) is 24.3 Å². The predicted molar refractivity (Wildman–Crippen MR) is 104 cm³/mol. The number of piperazine rings is 1. The number of hydrogen-bond acceptors (Lipinski definition) is 4. The summed E-state index contributed by atoms with van der Waals surface area (Å²) in [6.07, 6.45) is 0. The lowest BCUT2D eigenvalue weighted by Crippen LogP contribution is -2.45. The lowest BCUT2D eigenvalue weighted by molar-refractivity contribution is 0.121. The zero-order chi connectivity index (χ0) is 17.6. The molecule has 1 saturated heterocycles. The van der Waals surface area contributed by atoms with Gasteiger partial charge in [-0.15, -0.1) is 0 Å². The molecule has 0 saturated carbocycles. The van der Waals surface area contributed by atoms with Crippen LogP contribution in [-0.2, 0) is 13.1 Å². The first-order chi connectivity index (χ1) is 12.2. The van der Waals surface area contributed by atoms with Crippen molar-refractivity contribution in [2.45, 2.75) is 13.1 Å². The molecule has 0 aliphatic carbocycles. The minimum Gasteiger partial charge on any atom is -0.497 e. The van der Waals surface area contributed by atoms with E-state index >= 15 is 0 Å². The second-order valence-corrected chi connectivity index (χ2v) is 7.27. The lowest BCUT2D eigenvalue weighted by atomic mass is 10.1. The summed E-state index contributed by atoms with van der Waals surface area (Å²) in [5.74, 6) is 1.88. The minimum atomic E-state index is 0.913. The van der Waals surface area contributed by atoms with Crippen molar-refractivity contribution in [2.24, 2.45) is 0 Å². The fourth-order valence-corrected chi connectivity index (χ4v) is 3.61. The molecule has 0 unspecified atom stereocenters. The highest BCUT2D eigenvalue weighted by Crippen LogP contribution is 2.25. The van der Waals surface area contributed by atoms with E-state index in [1.54, 1.807) is 14.2 Å². The lowest BCUT2D eigenvalue weighted by Gasteiger charge is -2.35. The molecule has 2 aromatic rings. The Bertz CT molecular complexity index is 683. The topological polar surface area (TPSA) is 24.9 Å². The Balaban J connectivity index is 1.52. The van der Waals surface area contributed by atoms with Gasteiger partial charge in [0.15, 0.2) is 0 Å². The highest BCUT2D eigenvalue weighted by atomic mass is 79.9. The summed E-state index contributed by atoms with van der Waals surface area (Å²) in [7, 11) is 3.44. The van der Waals surface area contributed by atoms with Crippen molar-refractivity contribution in [3.8, 4) is 11.5 Å². The first kappa shape index (κ1) is 18.2. The average Bonchev–Trinajstić information content (AvgIpc) is 2.64. The zero-order valence-electron chi connectivity index (χ0n) is 14.9. The number of methoxy groups -OCH3 is 2. The van der Waals surface area contributed by atoms with Gasteiger partial charge in [0.2, 0.25) is 0 Å². The van der Waals surface area contributed by atoms with E-state index in [-0.39, 0.29) is 0 Å². The third kappa shape index (κ3) is 4.97. The van der Waals surface area contributed by atoms with Gasteiger partial charge in [0.1, 0.15) is 11.5 Å². The van der Waals surface area contributed by atoms with E-state index in [0.717, 1.165) is 55.2 Å². The first-order valence-electron chi connectivity index (χ1n) is 8.58. The normalized spacial score (nSPS) is 16.0. The van der Waals surface area contributed by atoms with Crippen LogP contribution in [0.2, 0.25) is 0 Å². The van der Waals surface area contributed by atoms with Crippen LogP contribution in [0, 0.1) is 0 Å². The van der Waals surface area contributed by atoms with Crippen LogP contribution in [0.25, 0.3) is 0 Å². The molecule has 4 nitrogen and oxygen atoms in total. The maximum atomic E-state index is 5.49. The summed E-state index contributed by atoms with van der Waals surface area (Å²) in [6, 6.07) is 14.6. The van der Waals surface area contributed by atoms with E-state index in [2.05, 4.69) is 43.9 Å². The van der Waals surface area contributed by atoms with Crippen molar-refractivity contribution >= 4 is 15.9 Å². The standard InChI is InChI=1S/C20H25BrN2O2/c1-24-19-6-3-16(4-7-19)14-22-9-11-23(12-10-22)15-17-13-18(21)5-8-20(17)25-2/h3-8,13H,9-12,14-15H2,1-2H3. The second-order valence-electron chi connectivity index (χ2n) is 6.36. The molecule has 1 heterocycles. The van der Waals surface area contributed by atoms with Crippen molar-refractivity contribution < 1.29 is 9.47 Å². The van der Waals surface area contributed by atoms with E-state index in [1.165, 1.54) is 11.1 Å². The summed E-state index contributed by atoms with van der Waals surface area (Å²) in [5, 5.41) is 0. The Morgan fingerprint density at radius 2 is 1.48 bits per heavy atom. The van der Waals surface area contributed by atoms with Crippen molar-refractivity contribution in [3.63, 3.8) is 0 Å². The molecular weight excluding hydrogens is 380 g/mol. The molecule has 25 heavy (non-hydrogen) atoms. The minimum absolute atomic E-state index is 0.913. The Morgan fingerprint density at radius 1 is 0.840 bits per heavy atom. The molecule has 0 radical (unpaired) electrons. The molecule has 3 rings (SSSR count). The third-order valence-corrected chi connectivity index (χ3v) is 5.16. The Morgan fingerprint density at radius 3 is 2.08 bits per heavy atom. The Labute approximate surface area is 158 Å². The Hall–Kier alpha value is -1.56. The molecule has 0 bridgehead atoms. The summed E-state index contributed by atoms with van der Waals surface area (Å²) >= 11 is 3.56. The molecule has 0 spiro atoms. The smallest absolute Gasteiger partial charge is 0.123 e. The molecule has 2 aromatic carbocycles. The number of halogens is 1. The van der Waals surface area contributed by atoms with Crippen molar-refractivity contribution in [1.82, 2.24) is 9.80 Å². The van der Waals surface area contributed by atoms with Gasteiger partial charge in [0.05, 0.1) is 14.2 Å². The quantitative estimate of drug-likeness (QED) is 0.730. The fourth-order valence-electron chi connectivity index (χ4n) is 3.21. The first-order valence-corrected chi connectivity index (χ1v) is 9.37. The van der Waals surface area contributed by atoms with Gasteiger partial charge in [0, 0.05) is 49.3 Å². The molecule has 0 aromatic heterocycles. The Kier molecular flexibility index (Phi) is 6.34. The second kappa shape index (κ2) is 8.70. The number of rotatable bonds is 6. The van der Waals surface area contributed by atoms with Crippen LogP contribution in [0.1, 0.15) is 11.1 Å². The van der Waals surface area contributed by atoms with Crippen LogP contribution < -0.4 is 9.47 Å². The van der Waals surface area contributed by atoms with E-state index in [9.17, 15) is 0 Å². The van der Waals surface area contributed by atoms with Gasteiger partial charge in [-0.05, 0) is 35.9 Å². The van der Waals surface area contributed by atoms with Crippen molar-refractivity contribution in [2.75, 3.05) is 40.4 Å². The SMILES string of the molecule is COc1ccc(CN2CCN(Cc3cc(Br)ccc3OC)CC2)cc1. The van der Waals surface area contributed by atoms with Crippen LogP contribution in [0.15, 0.2) is 46.9 Å². The zero-order valence-corrected chi connectivity index (χ0v) is 16.5. The molecule has 0 N–H and O–H groups in total. The van der Waals surface area contributed by atoms with Gasteiger partial charge in [-0.3, -0.25) is 9.80 Å². The third-order valence-electron chi connectivity index (χ3n) is 4.67. The molecule has 1 fully saturated rings. The molecule has 1 aliphatic heterocycles. The summed E-state index contributed by atoms with van der Waals surface area (Å²) in [6.45, 7) is 6.25. The number of nitrogens with zero attached hydrogens (tertiary/aromatic N) is 2. The summed E-state index contributed by atoms with van der Waals surface area (Å²) in [5.41, 5.74) is 2.57.